The van der Waals surface area contributed by atoms with E-state index in [1.807, 2.05) is 69.3 Å². The maximum Gasteiger partial charge on any atom is 0.191 e. The first-order valence-corrected chi connectivity index (χ1v) is 9.23. The van der Waals surface area contributed by atoms with Gasteiger partial charge in [-0.1, -0.05) is 48.0 Å². The average molecular weight is 398 g/mol. The molecular formula is C20H20ClN5S. The predicted molar refractivity (Wildman–Crippen MR) is 116 cm³/mol. The van der Waals surface area contributed by atoms with Gasteiger partial charge in [-0.3, -0.25) is 5.43 Å². The highest BCUT2D eigenvalue weighted by Gasteiger charge is 2.13. The molecule has 0 unspecified atom stereocenters. The molecule has 0 amide bonds. The zero-order chi connectivity index (χ0) is 19.4. The quantitative estimate of drug-likeness (QED) is 0.378. The van der Waals surface area contributed by atoms with Gasteiger partial charge >= 0.3 is 0 Å². The number of aromatic nitrogens is 2. The van der Waals surface area contributed by atoms with Crippen LogP contribution in [0.2, 0.25) is 5.15 Å². The van der Waals surface area contributed by atoms with Crippen molar-refractivity contribution in [2.24, 2.45) is 5.10 Å². The monoisotopic (exact) mass is 397 g/mol. The number of nitrogens with zero attached hydrogens (tertiary/aromatic N) is 3. The van der Waals surface area contributed by atoms with E-state index in [0.29, 0.717) is 10.3 Å². The smallest absolute Gasteiger partial charge is 0.191 e. The summed E-state index contributed by atoms with van der Waals surface area (Å²) in [7, 11) is 0. The Hall–Kier alpha value is -2.70. The van der Waals surface area contributed by atoms with Crippen LogP contribution in [0.4, 0.5) is 5.69 Å². The Labute approximate surface area is 169 Å². The van der Waals surface area contributed by atoms with E-state index in [4.69, 9.17) is 23.8 Å². The van der Waals surface area contributed by atoms with Crippen LogP contribution in [0.1, 0.15) is 22.4 Å². The third kappa shape index (κ3) is 4.35. The number of hydrazone groups is 1. The third-order valence-electron chi connectivity index (χ3n) is 4.13. The van der Waals surface area contributed by atoms with Gasteiger partial charge in [0, 0.05) is 5.69 Å². The number of anilines is 1. The molecule has 0 bridgehead atoms. The van der Waals surface area contributed by atoms with Crippen molar-refractivity contribution in [2.75, 3.05) is 5.32 Å². The van der Waals surface area contributed by atoms with Gasteiger partial charge in [0.05, 0.1) is 23.2 Å². The number of hydrogen-bond donors (Lipinski definition) is 2. The molecule has 0 saturated carbocycles. The second-order valence-electron chi connectivity index (χ2n) is 6.13. The summed E-state index contributed by atoms with van der Waals surface area (Å²) in [5.74, 6) is 0. The number of nitrogens with one attached hydrogen (secondary N) is 2. The molecule has 0 atom stereocenters. The SMILES string of the molecule is Cc1cccc(C)c1NC(=S)N/N=C\c1c(C)nn(-c2ccccc2)c1Cl. The van der Waals surface area contributed by atoms with Crippen LogP contribution in [0.5, 0.6) is 0 Å². The summed E-state index contributed by atoms with van der Waals surface area (Å²) < 4.78 is 1.69. The zero-order valence-electron chi connectivity index (χ0n) is 15.3. The standard InChI is InChI=1S/C20H20ClN5S/c1-13-8-7-9-14(2)18(13)23-20(27)24-22-12-17-15(3)25-26(19(17)21)16-10-5-4-6-11-16/h4-12H,1-3H3,(H2,23,24,27)/b22-12-. The van der Waals surface area contributed by atoms with E-state index in [1.54, 1.807) is 10.9 Å². The summed E-state index contributed by atoms with van der Waals surface area (Å²) >= 11 is 11.8. The van der Waals surface area contributed by atoms with Crippen molar-refractivity contribution >= 4 is 40.8 Å². The molecule has 7 heteroatoms. The van der Waals surface area contributed by atoms with E-state index >= 15 is 0 Å². The van der Waals surface area contributed by atoms with Crippen LogP contribution in [0.3, 0.4) is 0 Å². The molecule has 5 nitrogen and oxygen atoms in total. The number of thiocarbonyl (C=S) groups is 1. The molecular weight excluding hydrogens is 378 g/mol. The number of halogens is 1. The maximum atomic E-state index is 6.48. The van der Waals surface area contributed by atoms with Gasteiger partial charge in [0.15, 0.2) is 5.11 Å². The third-order valence-corrected chi connectivity index (χ3v) is 4.69. The minimum atomic E-state index is 0.410. The zero-order valence-corrected chi connectivity index (χ0v) is 16.9. The van der Waals surface area contributed by atoms with Gasteiger partial charge in [-0.15, -0.1) is 0 Å². The summed E-state index contributed by atoms with van der Waals surface area (Å²) in [5, 5.41) is 12.8. The van der Waals surface area contributed by atoms with Gasteiger partial charge in [-0.25, -0.2) is 4.68 Å². The lowest BCUT2D eigenvalue weighted by molar-refractivity contribution is 0.863. The molecule has 0 aliphatic rings. The molecule has 0 spiro atoms. The van der Waals surface area contributed by atoms with Crippen LogP contribution in [0.25, 0.3) is 5.69 Å². The Morgan fingerprint density at radius 2 is 1.74 bits per heavy atom. The first kappa shape index (κ1) is 19.1. The van der Waals surface area contributed by atoms with Crippen molar-refractivity contribution in [1.29, 1.82) is 0 Å². The first-order chi connectivity index (χ1) is 13.0. The summed E-state index contributed by atoms with van der Waals surface area (Å²) in [5.41, 5.74) is 8.46. The van der Waals surface area contributed by atoms with Crippen LogP contribution in [0, 0.1) is 20.8 Å². The minimum Gasteiger partial charge on any atom is -0.331 e. The number of hydrogen-bond acceptors (Lipinski definition) is 3. The van der Waals surface area contributed by atoms with E-state index in [-0.39, 0.29) is 0 Å². The largest absolute Gasteiger partial charge is 0.331 e. The van der Waals surface area contributed by atoms with Gasteiger partial charge in [0.25, 0.3) is 0 Å². The maximum absolute atomic E-state index is 6.48. The fraction of sp³-hybridized carbons (Fsp3) is 0.150. The lowest BCUT2D eigenvalue weighted by atomic mass is 10.1. The molecule has 0 saturated heterocycles. The molecule has 1 aromatic heterocycles. The Kier molecular flexibility index (Phi) is 5.88. The van der Waals surface area contributed by atoms with Crippen LogP contribution in [0.15, 0.2) is 53.6 Å². The van der Waals surface area contributed by atoms with Gasteiger partial charge in [-0.2, -0.15) is 10.2 Å². The van der Waals surface area contributed by atoms with E-state index in [9.17, 15) is 0 Å². The van der Waals surface area contributed by atoms with Gasteiger partial charge in [0.2, 0.25) is 0 Å². The van der Waals surface area contributed by atoms with Gasteiger partial charge < -0.3 is 5.32 Å². The Balaban J connectivity index is 1.72. The molecule has 1 heterocycles. The fourth-order valence-corrected chi connectivity index (χ4v) is 3.18. The van der Waals surface area contributed by atoms with Crippen LogP contribution < -0.4 is 10.7 Å². The van der Waals surface area contributed by atoms with E-state index in [1.165, 1.54) is 0 Å². The molecule has 2 aromatic carbocycles. The topological polar surface area (TPSA) is 54.2 Å². The Morgan fingerprint density at radius 1 is 1.07 bits per heavy atom. The molecule has 0 radical (unpaired) electrons. The van der Waals surface area contributed by atoms with Crippen LogP contribution in [-0.4, -0.2) is 21.1 Å². The van der Waals surface area contributed by atoms with Crippen molar-refractivity contribution in [2.45, 2.75) is 20.8 Å². The predicted octanol–water partition coefficient (Wildman–Crippen LogP) is 4.77. The summed E-state index contributed by atoms with van der Waals surface area (Å²) in [6.45, 7) is 5.95. The van der Waals surface area contributed by atoms with Crippen LogP contribution in [-0.2, 0) is 0 Å². The Morgan fingerprint density at radius 3 is 2.41 bits per heavy atom. The Bertz CT molecular complexity index is 975. The van der Waals surface area contributed by atoms with Gasteiger partial charge in [-0.05, 0) is 56.2 Å². The number of benzene rings is 2. The molecule has 3 rings (SSSR count). The molecule has 0 fully saturated rings. The lowest BCUT2D eigenvalue weighted by Gasteiger charge is -2.12. The molecule has 138 valence electrons. The highest BCUT2D eigenvalue weighted by Crippen LogP contribution is 2.22. The highest BCUT2D eigenvalue weighted by atomic mass is 35.5. The second-order valence-corrected chi connectivity index (χ2v) is 6.89. The number of aryl methyl sites for hydroxylation is 3. The number of rotatable bonds is 4. The van der Waals surface area contributed by atoms with Gasteiger partial charge in [0.1, 0.15) is 5.15 Å². The molecule has 0 aliphatic carbocycles. The van der Waals surface area contributed by atoms with Crippen LogP contribution >= 0.6 is 23.8 Å². The molecule has 0 aliphatic heterocycles. The summed E-state index contributed by atoms with van der Waals surface area (Å²) in [6, 6.07) is 15.8. The van der Waals surface area contributed by atoms with Crippen molar-refractivity contribution in [3.8, 4) is 5.69 Å². The first-order valence-electron chi connectivity index (χ1n) is 8.44. The average Bonchev–Trinajstić information content (AvgIpc) is 2.94. The van der Waals surface area contributed by atoms with E-state index < -0.39 is 0 Å². The highest BCUT2D eigenvalue weighted by molar-refractivity contribution is 7.80. The lowest BCUT2D eigenvalue weighted by Crippen LogP contribution is -2.24. The molecule has 2 N–H and O–H groups in total. The van der Waals surface area contributed by atoms with Crippen molar-refractivity contribution in [1.82, 2.24) is 15.2 Å². The van der Waals surface area contributed by atoms with E-state index in [2.05, 4.69) is 20.9 Å². The summed E-state index contributed by atoms with van der Waals surface area (Å²) in [4.78, 5) is 0. The normalized spacial score (nSPS) is 11.0. The second kappa shape index (κ2) is 8.33. The van der Waals surface area contributed by atoms with Crippen molar-refractivity contribution in [3.05, 3.63) is 76.1 Å². The van der Waals surface area contributed by atoms with Crippen molar-refractivity contribution < 1.29 is 0 Å². The molecule has 3 aromatic rings. The fourth-order valence-electron chi connectivity index (χ4n) is 2.71. The number of para-hydroxylation sites is 2. The van der Waals surface area contributed by atoms with Crippen molar-refractivity contribution in [3.63, 3.8) is 0 Å². The minimum absolute atomic E-state index is 0.410. The molecule has 27 heavy (non-hydrogen) atoms. The summed E-state index contributed by atoms with van der Waals surface area (Å²) in [6.07, 6.45) is 1.63. The van der Waals surface area contributed by atoms with E-state index in [0.717, 1.165) is 33.8 Å².